The largest absolute Gasteiger partial charge is 0.326 e. The highest BCUT2D eigenvalue weighted by Crippen LogP contribution is 2.18. The molecule has 0 saturated carbocycles. The molecule has 0 saturated heterocycles. The molecule has 2 rings (SSSR count). The number of aromatic nitrogens is 2. The summed E-state index contributed by atoms with van der Waals surface area (Å²) in [5.74, 6) is 0.611. The molecule has 0 aliphatic heterocycles. The maximum absolute atomic E-state index is 12.2. The molecule has 0 spiro atoms. The summed E-state index contributed by atoms with van der Waals surface area (Å²) in [6.45, 7) is 11.4. The lowest BCUT2D eigenvalue weighted by molar-refractivity contribution is -0.116. The molecule has 1 N–H and O–H groups in total. The van der Waals surface area contributed by atoms with E-state index in [1.54, 1.807) is 0 Å². The minimum absolute atomic E-state index is 0.0507. The zero-order valence-electron chi connectivity index (χ0n) is 14.8. The van der Waals surface area contributed by atoms with Crippen molar-refractivity contribution in [2.24, 2.45) is 5.92 Å². The first-order chi connectivity index (χ1) is 10.9. The van der Waals surface area contributed by atoms with E-state index in [2.05, 4.69) is 35.9 Å². The Labute approximate surface area is 138 Å². The number of carbonyl (C=O) groups is 1. The van der Waals surface area contributed by atoms with Gasteiger partial charge in [-0.25, -0.2) is 0 Å². The number of nitrogens with zero attached hydrogens (tertiary/aromatic N) is 2. The van der Waals surface area contributed by atoms with E-state index in [1.807, 2.05) is 38.1 Å². The first-order valence-corrected chi connectivity index (χ1v) is 8.26. The van der Waals surface area contributed by atoms with Crippen molar-refractivity contribution >= 4 is 11.6 Å². The van der Waals surface area contributed by atoms with Crippen molar-refractivity contribution < 1.29 is 4.79 Å². The molecule has 124 valence electrons. The fraction of sp³-hybridized carbons (Fsp3) is 0.474. The molecule has 4 nitrogen and oxygen atoms in total. The summed E-state index contributed by atoms with van der Waals surface area (Å²) in [7, 11) is 0. The third kappa shape index (κ3) is 4.44. The van der Waals surface area contributed by atoms with Crippen molar-refractivity contribution in [3.63, 3.8) is 0 Å². The molecule has 23 heavy (non-hydrogen) atoms. The second-order valence-electron chi connectivity index (χ2n) is 6.59. The standard InChI is InChI=1S/C19H27N3O/c1-13(2)12-22-16(5)17(15(4)21-22)10-11-19(23)20-18-9-7-6-8-14(18)3/h6-9,13H,10-12H2,1-5H3,(H,20,23). The second-order valence-corrected chi connectivity index (χ2v) is 6.59. The first kappa shape index (κ1) is 17.3. The third-order valence-corrected chi connectivity index (χ3v) is 4.09. The highest BCUT2D eigenvalue weighted by Gasteiger charge is 2.14. The molecular formula is C19H27N3O. The van der Waals surface area contributed by atoms with E-state index < -0.39 is 0 Å². The van der Waals surface area contributed by atoms with Gasteiger partial charge in [0.15, 0.2) is 0 Å². The van der Waals surface area contributed by atoms with Gasteiger partial charge < -0.3 is 5.32 Å². The van der Waals surface area contributed by atoms with E-state index in [0.29, 0.717) is 12.3 Å². The molecule has 0 bridgehead atoms. The molecule has 0 aliphatic rings. The fourth-order valence-electron chi connectivity index (χ4n) is 2.78. The second kappa shape index (κ2) is 7.44. The number of nitrogens with one attached hydrogen (secondary N) is 1. The van der Waals surface area contributed by atoms with Crippen LogP contribution in [-0.4, -0.2) is 15.7 Å². The van der Waals surface area contributed by atoms with Crippen molar-refractivity contribution in [1.29, 1.82) is 0 Å². The number of carbonyl (C=O) groups excluding carboxylic acids is 1. The normalized spacial score (nSPS) is 11.0. The Morgan fingerprint density at radius 2 is 1.91 bits per heavy atom. The van der Waals surface area contributed by atoms with Gasteiger partial charge in [-0.1, -0.05) is 32.0 Å². The fourth-order valence-corrected chi connectivity index (χ4v) is 2.78. The number of hydrogen-bond donors (Lipinski definition) is 1. The molecule has 0 atom stereocenters. The van der Waals surface area contributed by atoms with Gasteiger partial charge in [-0.3, -0.25) is 9.48 Å². The van der Waals surface area contributed by atoms with Crippen LogP contribution < -0.4 is 5.32 Å². The lowest BCUT2D eigenvalue weighted by Gasteiger charge is -2.09. The highest BCUT2D eigenvalue weighted by molar-refractivity contribution is 5.91. The van der Waals surface area contributed by atoms with Crippen LogP contribution in [0.2, 0.25) is 0 Å². The number of hydrogen-bond acceptors (Lipinski definition) is 2. The number of amides is 1. The molecule has 1 heterocycles. The molecule has 2 aromatic rings. The molecule has 0 aliphatic carbocycles. The number of para-hydroxylation sites is 1. The van der Waals surface area contributed by atoms with Crippen molar-refractivity contribution in [3.8, 4) is 0 Å². The van der Waals surface area contributed by atoms with Gasteiger partial charge in [0.1, 0.15) is 0 Å². The van der Waals surface area contributed by atoms with Crippen LogP contribution in [0.4, 0.5) is 5.69 Å². The Morgan fingerprint density at radius 1 is 1.22 bits per heavy atom. The quantitative estimate of drug-likeness (QED) is 0.875. The molecule has 0 unspecified atom stereocenters. The number of anilines is 1. The maximum Gasteiger partial charge on any atom is 0.224 e. The summed E-state index contributed by atoms with van der Waals surface area (Å²) in [4.78, 5) is 12.2. The topological polar surface area (TPSA) is 46.9 Å². The SMILES string of the molecule is Cc1ccccc1NC(=O)CCc1c(C)nn(CC(C)C)c1C. The van der Waals surface area contributed by atoms with Gasteiger partial charge in [0.2, 0.25) is 5.91 Å². The Hall–Kier alpha value is -2.10. The van der Waals surface area contributed by atoms with Gasteiger partial charge in [-0.2, -0.15) is 5.10 Å². The van der Waals surface area contributed by atoms with E-state index in [4.69, 9.17) is 0 Å². The summed E-state index contributed by atoms with van der Waals surface area (Å²) in [5, 5.41) is 7.60. The summed E-state index contributed by atoms with van der Waals surface area (Å²) in [5.41, 5.74) is 5.39. The van der Waals surface area contributed by atoms with E-state index in [0.717, 1.165) is 29.9 Å². The van der Waals surface area contributed by atoms with E-state index in [9.17, 15) is 4.79 Å². The number of aryl methyl sites for hydroxylation is 2. The average molecular weight is 313 g/mol. The maximum atomic E-state index is 12.2. The first-order valence-electron chi connectivity index (χ1n) is 8.26. The molecule has 1 aromatic carbocycles. The van der Waals surface area contributed by atoms with Crippen molar-refractivity contribution in [2.75, 3.05) is 5.32 Å². The summed E-state index contributed by atoms with van der Waals surface area (Å²) in [6.07, 6.45) is 1.21. The van der Waals surface area contributed by atoms with Crippen LogP contribution in [-0.2, 0) is 17.8 Å². The highest BCUT2D eigenvalue weighted by atomic mass is 16.1. The minimum atomic E-state index is 0.0507. The van der Waals surface area contributed by atoms with Crippen LogP contribution in [0.25, 0.3) is 0 Å². The van der Waals surface area contributed by atoms with Gasteiger partial charge in [0.05, 0.1) is 5.69 Å². The Morgan fingerprint density at radius 3 is 2.57 bits per heavy atom. The zero-order valence-corrected chi connectivity index (χ0v) is 14.8. The lowest BCUT2D eigenvalue weighted by atomic mass is 10.1. The molecule has 0 fully saturated rings. The van der Waals surface area contributed by atoms with Crippen LogP contribution in [0, 0.1) is 26.7 Å². The lowest BCUT2D eigenvalue weighted by Crippen LogP contribution is -2.13. The molecule has 1 aromatic heterocycles. The average Bonchev–Trinajstić information content (AvgIpc) is 2.73. The van der Waals surface area contributed by atoms with Crippen LogP contribution in [0.15, 0.2) is 24.3 Å². The predicted molar refractivity (Wildman–Crippen MR) is 94.7 cm³/mol. The Balaban J connectivity index is 1.99. The van der Waals surface area contributed by atoms with Crippen LogP contribution in [0.1, 0.15) is 42.8 Å². The molecule has 1 amide bonds. The van der Waals surface area contributed by atoms with Crippen LogP contribution in [0.5, 0.6) is 0 Å². The van der Waals surface area contributed by atoms with Gasteiger partial charge >= 0.3 is 0 Å². The third-order valence-electron chi connectivity index (χ3n) is 4.09. The van der Waals surface area contributed by atoms with E-state index in [-0.39, 0.29) is 5.91 Å². The monoisotopic (exact) mass is 313 g/mol. The summed E-state index contributed by atoms with van der Waals surface area (Å²) >= 11 is 0. The summed E-state index contributed by atoms with van der Waals surface area (Å²) < 4.78 is 2.06. The smallest absolute Gasteiger partial charge is 0.224 e. The molecular weight excluding hydrogens is 286 g/mol. The van der Waals surface area contributed by atoms with E-state index in [1.165, 1.54) is 11.3 Å². The van der Waals surface area contributed by atoms with Crippen molar-refractivity contribution in [2.45, 2.75) is 54.0 Å². The number of rotatable bonds is 6. The Bertz CT molecular complexity index is 686. The van der Waals surface area contributed by atoms with Crippen LogP contribution in [0.3, 0.4) is 0 Å². The van der Waals surface area contributed by atoms with Gasteiger partial charge in [-0.05, 0) is 50.3 Å². The minimum Gasteiger partial charge on any atom is -0.326 e. The number of benzene rings is 1. The summed E-state index contributed by atoms with van der Waals surface area (Å²) in [6, 6.07) is 7.85. The molecule has 4 heteroatoms. The van der Waals surface area contributed by atoms with Crippen molar-refractivity contribution in [3.05, 3.63) is 46.8 Å². The predicted octanol–water partition coefficient (Wildman–Crippen LogP) is 4.04. The Kier molecular flexibility index (Phi) is 5.59. The van der Waals surface area contributed by atoms with Crippen LogP contribution >= 0.6 is 0 Å². The zero-order chi connectivity index (χ0) is 17.0. The molecule has 0 radical (unpaired) electrons. The van der Waals surface area contributed by atoms with E-state index >= 15 is 0 Å². The van der Waals surface area contributed by atoms with Gasteiger partial charge in [-0.15, -0.1) is 0 Å². The van der Waals surface area contributed by atoms with Gasteiger partial charge in [0.25, 0.3) is 0 Å². The van der Waals surface area contributed by atoms with Gasteiger partial charge in [0, 0.05) is 24.3 Å². The van der Waals surface area contributed by atoms with Crippen molar-refractivity contribution in [1.82, 2.24) is 9.78 Å².